The second-order valence-electron chi connectivity index (χ2n) is 4.93. The normalized spacial score (nSPS) is 10.4. The van der Waals surface area contributed by atoms with Crippen molar-refractivity contribution in [3.8, 4) is 11.4 Å². The van der Waals surface area contributed by atoms with Crippen LogP contribution in [0.4, 0.5) is 0 Å². The van der Waals surface area contributed by atoms with Crippen LogP contribution in [0.1, 0.15) is 21.8 Å². The van der Waals surface area contributed by atoms with Gasteiger partial charge in [0, 0.05) is 11.1 Å². The molecule has 0 fully saturated rings. The van der Waals surface area contributed by atoms with Crippen LogP contribution in [0.2, 0.25) is 0 Å². The van der Waals surface area contributed by atoms with Crippen molar-refractivity contribution in [2.45, 2.75) is 13.5 Å². The number of hydrogen-bond acceptors (Lipinski definition) is 4. The molecule has 3 aromatic rings. The highest BCUT2D eigenvalue weighted by atomic mass is 16.5. The van der Waals surface area contributed by atoms with Crippen molar-refractivity contribution in [2.24, 2.45) is 0 Å². The third kappa shape index (κ3) is 3.20. The molecule has 0 radical (unpaired) electrons. The monoisotopic (exact) mass is 293 g/mol. The van der Waals surface area contributed by atoms with E-state index in [1.54, 1.807) is 12.1 Å². The highest BCUT2D eigenvalue weighted by molar-refractivity contribution is 5.93. The van der Waals surface area contributed by atoms with Gasteiger partial charge in [-0.2, -0.15) is 4.98 Å². The van der Waals surface area contributed by atoms with Crippen LogP contribution in [0.5, 0.6) is 0 Å². The fraction of sp³-hybridized carbons (Fsp3) is 0.118. The summed E-state index contributed by atoms with van der Waals surface area (Å²) >= 11 is 0. The predicted molar refractivity (Wildman–Crippen MR) is 82.1 cm³/mol. The van der Waals surface area contributed by atoms with Crippen LogP contribution in [0.15, 0.2) is 59.1 Å². The Hall–Kier alpha value is -2.95. The van der Waals surface area contributed by atoms with Gasteiger partial charge in [-0.1, -0.05) is 53.2 Å². The van der Waals surface area contributed by atoms with Gasteiger partial charge in [0.25, 0.3) is 5.91 Å². The lowest BCUT2D eigenvalue weighted by molar-refractivity contribution is 0.0946. The standard InChI is InChI=1S/C17H15N3O2/c1-12-7-9-13(10-8-12)16-19-15(22-20-16)11-18-17(21)14-5-3-2-4-6-14/h2-10H,11H2,1H3,(H,18,21). The summed E-state index contributed by atoms with van der Waals surface area (Å²) in [6.07, 6.45) is 0. The zero-order valence-corrected chi connectivity index (χ0v) is 12.1. The average Bonchev–Trinajstić information content (AvgIpc) is 3.03. The molecule has 0 aliphatic heterocycles. The molecule has 1 amide bonds. The van der Waals surface area contributed by atoms with Gasteiger partial charge < -0.3 is 9.84 Å². The van der Waals surface area contributed by atoms with Crippen molar-refractivity contribution in [3.05, 3.63) is 71.6 Å². The number of aromatic nitrogens is 2. The molecule has 0 unspecified atom stereocenters. The van der Waals surface area contributed by atoms with Crippen LogP contribution in [0.25, 0.3) is 11.4 Å². The minimum Gasteiger partial charge on any atom is -0.343 e. The van der Waals surface area contributed by atoms with Crippen molar-refractivity contribution in [1.82, 2.24) is 15.5 Å². The van der Waals surface area contributed by atoms with E-state index in [0.29, 0.717) is 17.3 Å². The Morgan fingerprint density at radius 2 is 1.82 bits per heavy atom. The summed E-state index contributed by atoms with van der Waals surface area (Å²) in [6, 6.07) is 16.8. The third-order valence-electron chi connectivity index (χ3n) is 3.21. The molecule has 0 saturated carbocycles. The van der Waals surface area contributed by atoms with Crippen LogP contribution in [0, 0.1) is 6.92 Å². The summed E-state index contributed by atoms with van der Waals surface area (Å²) in [5.74, 6) is 0.722. The average molecular weight is 293 g/mol. The van der Waals surface area contributed by atoms with Gasteiger partial charge in [0.05, 0.1) is 6.54 Å². The Morgan fingerprint density at radius 1 is 1.09 bits per heavy atom. The maximum Gasteiger partial charge on any atom is 0.251 e. The minimum atomic E-state index is -0.171. The smallest absolute Gasteiger partial charge is 0.251 e. The first-order valence-corrected chi connectivity index (χ1v) is 6.95. The summed E-state index contributed by atoms with van der Waals surface area (Å²) in [7, 11) is 0. The molecule has 2 aromatic carbocycles. The van der Waals surface area contributed by atoms with Gasteiger partial charge in [-0.15, -0.1) is 0 Å². The second kappa shape index (κ2) is 6.22. The van der Waals surface area contributed by atoms with E-state index in [4.69, 9.17) is 4.52 Å². The Balaban J connectivity index is 1.65. The summed E-state index contributed by atoms with van der Waals surface area (Å²) in [6.45, 7) is 2.22. The molecule has 5 nitrogen and oxygen atoms in total. The number of nitrogens with zero attached hydrogens (tertiary/aromatic N) is 2. The highest BCUT2D eigenvalue weighted by Gasteiger charge is 2.10. The van der Waals surface area contributed by atoms with Crippen LogP contribution in [-0.4, -0.2) is 16.0 Å². The lowest BCUT2D eigenvalue weighted by Crippen LogP contribution is -2.22. The summed E-state index contributed by atoms with van der Waals surface area (Å²) in [4.78, 5) is 16.2. The summed E-state index contributed by atoms with van der Waals surface area (Å²) < 4.78 is 5.16. The minimum absolute atomic E-state index is 0.171. The van der Waals surface area contributed by atoms with Crippen molar-refractivity contribution >= 4 is 5.91 Å². The van der Waals surface area contributed by atoms with Gasteiger partial charge in [0.15, 0.2) is 0 Å². The maximum atomic E-state index is 11.9. The van der Waals surface area contributed by atoms with Gasteiger partial charge in [-0.25, -0.2) is 0 Å². The molecule has 5 heteroatoms. The van der Waals surface area contributed by atoms with E-state index in [0.717, 1.165) is 5.56 Å². The lowest BCUT2D eigenvalue weighted by Gasteiger charge is -2.01. The predicted octanol–water partition coefficient (Wildman–Crippen LogP) is 2.98. The van der Waals surface area contributed by atoms with Crippen LogP contribution < -0.4 is 5.32 Å². The van der Waals surface area contributed by atoms with Gasteiger partial charge in [-0.3, -0.25) is 4.79 Å². The number of aryl methyl sites for hydroxylation is 1. The molecule has 0 bridgehead atoms. The fourth-order valence-electron chi connectivity index (χ4n) is 1.99. The molecule has 1 N–H and O–H groups in total. The zero-order chi connectivity index (χ0) is 15.4. The highest BCUT2D eigenvalue weighted by Crippen LogP contribution is 2.16. The first-order chi connectivity index (χ1) is 10.7. The molecule has 22 heavy (non-hydrogen) atoms. The number of nitrogens with one attached hydrogen (secondary N) is 1. The Labute approximate surface area is 128 Å². The Kier molecular flexibility index (Phi) is 3.96. The molecule has 1 aromatic heterocycles. The molecular weight excluding hydrogens is 278 g/mol. The number of rotatable bonds is 4. The molecule has 0 aliphatic carbocycles. The van der Waals surface area contributed by atoms with E-state index < -0.39 is 0 Å². The SMILES string of the molecule is Cc1ccc(-c2noc(CNC(=O)c3ccccc3)n2)cc1. The molecule has 110 valence electrons. The lowest BCUT2D eigenvalue weighted by atomic mass is 10.1. The topological polar surface area (TPSA) is 68.0 Å². The van der Waals surface area contributed by atoms with Crippen molar-refractivity contribution < 1.29 is 9.32 Å². The fourth-order valence-corrected chi connectivity index (χ4v) is 1.99. The van der Waals surface area contributed by atoms with Crippen LogP contribution in [0.3, 0.4) is 0 Å². The molecular formula is C17H15N3O2. The molecule has 0 spiro atoms. The largest absolute Gasteiger partial charge is 0.343 e. The molecule has 0 atom stereocenters. The van der Waals surface area contributed by atoms with Crippen molar-refractivity contribution in [3.63, 3.8) is 0 Å². The number of amides is 1. The maximum absolute atomic E-state index is 11.9. The number of carbonyl (C=O) groups is 1. The van der Waals surface area contributed by atoms with E-state index in [1.165, 1.54) is 5.56 Å². The van der Waals surface area contributed by atoms with E-state index in [1.807, 2.05) is 49.4 Å². The Bertz CT molecular complexity index is 764. The number of carbonyl (C=O) groups excluding carboxylic acids is 1. The number of benzene rings is 2. The van der Waals surface area contributed by atoms with E-state index in [-0.39, 0.29) is 12.5 Å². The van der Waals surface area contributed by atoms with Gasteiger partial charge in [0.2, 0.25) is 11.7 Å². The summed E-state index contributed by atoms with van der Waals surface area (Å²) in [5.41, 5.74) is 2.65. The zero-order valence-electron chi connectivity index (χ0n) is 12.1. The van der Waals surface area contributed by atoms with Gasteiger partial charge in [0.1, 0.15) is 0 Å². The van der Waals surface area contributed by atoms with E-state index in [2.05, 4.69) is 15.5 Å². The van der Waals surface area contributed by atoms with E-state index >= 15 is 0 Å². The first-order valence-electron chi connectivity index (χ1n) is 6.95. The van der Waals surface area contributed by atoms with E-state index in [9.17, 15) is 4.79 Å². The molecule has 1 heterocycles. The molecule has 0 saturated heterocycles. The quantitative estimate of drug-likeness (QED) is 0.803. The van der Waals surface area contributed by atoms with Crippen molar-refractivity contribution in [1.29, 1.82) is 0 Å². The van der Waals surface area contributed by atoms with Gasteiger partial charge in [-0.05, 0) is 19.1 Å². The van der Waals surface area contributed by atoms with Crippen LogP contribution in [-0.2, 0) is 6.54 Å². The Morgan fingerprint density at radius 3 is 2.55 bits per heavy atom. The molecule has 3 rings (SSSR count). The van der Waals surface area contributed by atoms with Crippen molar-refractivity contribution in [2.75, 3.05) is 0 Å². The second-order valence-corrected chi connectivity index (χ2v) is 4.93. The van der Waals surface area contributed by atoms with Gasteiger partial charge >= 0.3 is 0 Å². The summed E-state index contributed by atoms with van der Waals surface area (Å²) in [5, 5.41) is 6.68. The third-order valence-corrected chi connectivity index (χ3v) is 3.21. The number of hydrogen-bond donors (Lipinski definition) is 1. The first kappa shape index (κ1) is 14.0. The van der Waals surface area contributed by atoms with Crippen LogP contribution >= 0.6 is 0 Å². The molecule has 0 aliphatic rings.